The van der Waals surface area contributed by atoms with E-state index in [-0.39, 0.29) is 12.0 Å². The molecule has 0 amide bonds. The van der Waals surface area contributed by atoms with E-state index < -0.39 is 0 Å². The molecule has 0 spiro atoms. The Hall–Kier alpha value is -0.160. The van der Waals surface area contributed by atoms with Crippen molar-refractivity contribution in [2.45, 2.75) is 26.4 Å². The van der Waals surface area contributed by atoms with Gasteiger partial charge in [0, 0.05) is 18.6 Å². The first kappa shape index (κ1) is 12.9. The SMILES string of the molecule is CC(C)(COCCCO)COCC1CO1. The van der Waals surface area contributed by atoms with Crippen molar-refractivity contribution in [1.29, 1.82) is 0 Å². The van der Waals surface area contributed by atoms with Crippen LogP contribution in [0.4, 0.5) is 0 Å². The molecule has 1 fully saturated rings. The zero-order valence-corrected chi connectivity index (χ0v) is 9.70. The van der Waals surface area contributed by atoms with E-state index in [4.69, 9.17) is 19.3 Å². The first-order valence-corrected chi connectivity index (χ1v) is 5.52. The van der Waals surface area contributed by atoms with Crippen molar-refractivity contribution in [2.24, 2.45) is 5.41 Å². The zero-order chi connectivity index (χ0) is 11.1. The van der Waals surface area contributed by atoms with Crippen LogP contribution in [0.2, 0.25) is 0 Å². The summed E-state index contributed by atoms with van der Waals surface area (Å²) in [6.07, 6.45) is 1.03. The predicted octanol–water partition coefficient (Wildman–Crippen LogP) is 0.827. The molecule has 1 atom stereocenters. The third-order valence-electron chi connectivity index (χ3n) is 2.14. The minimum absolute atomic E-state index is 0.0321. The Kier molecular flexibility index (Phi) is 5.53. The highest BCUT2D eigenvalue weighted by Crippen LogP contribution is 2.17. The Bertz CT molecular complexity index is 166. The van der Waals surface area contributed by atoms with Gasteiger partial charge in [-0.15, -0.1) is 0 Å². The van der Waals surface area contributed by atoms with Crippen molar-refractivity contribution in [3.63, 3.8) is 0 Å². The van der Waals surface area contributed by atoms with E-state index in [1.165, 1.54) is 0 Å². The van der Waals surface area contributed by atoms with Crippen molar-refractivity contribution in [1.82, 2.24) is 0 Å². The molecule has 0 bridgehead atoms. The Morgan fingerprint density at radius 3 is 2.60 bits per heavy atom. The molecule has 0 aromatic rings. The van der Waals surface area contributed by atoms with E-state index in [1.54, 1.807) is 0 Å². The third kappa shape index (κ3) is 6.84. The fourth-order valence-corrected chi connectivity index (χ4v) is 1.19. The van der Waals surface area contributed by atoms with Crippen LogP contribution in [0.25, 0.3) is 0 Å². The molecular formula is C11H22O4. The molecule has 15 heavy (non-hydrogen) atoms. The maximum Gasteiger partial charge on any atom is 0.104 e. The first-order valence-electron chi connectivity index (χ1n) is 5.52. The molecule has 1 aliphatic heterocycles. The average Bonchev–Trinajstić information content (AvgIpc) is 2.96. The van der Waals surface area contributed by atoms with Gasteiger partial charge in [-0.25, -0.2) is 0 Å². The minimum atomic E-state index is 0.0321. The number of aliphatic hydroxyl groups is 1. The minimum Gasteiger partial charge on any atom is -0.396 e. The average molecular weight is 218 g/mol. The summed E-state index contributed by atoms with van der Waals surface area (Å²) in [7, 11) is 0. The highest BCUT2D eigenvalue weighted by atomic mass is 16.6. The smallest absolute Gasteiger partial charge is 0.104 e. The second-order valence-corrected chi connectivity index (χ2v) is 4.76. The van der Waals surface area contributed by atoms with Crippen LogP contribution in [0, 0.1) is 5.41 Å². The van der Waals surface area contributed by atoms with Gasteiger partial charge in [-0.3, -0.25) is 0 Å². The molecular weight excluding hydrogens is 196 g/mol. The second-order valence-electron chi connectivity index (χ2n) is 4.76. The lowest BCUT2D eigenvalue weighted by Crippen LogP contribution is -2.26. The van der Waals surface area contributed by atoms with Gasteiger partial charge in [-0.2, -0.15) is 0 Å². The van der Waals surface area contributed by atoms with E-state index in [9.17, 15) is 0 Å². The van der Waals surface area contributed by atoms with E-state index in [0.717, 1.165) is 6.61 Å². The summed E-state index contributed by atoms with van der Waals surface area (Å²) in [4.78, 5) is 0. The molecule has 90 valence electrons. The lowest BCUT2D eigenvalue weighted by Gasteiger charge is -2.24. The lowest BCUT2D eigenvalue weighted by molar-refractivity contribution is -0.00944. The number of hydrogen-bond acceptors (Lipinski definition) is 4. The van der Waals surface area contributed by atoms with E-state index >= 15 is 0 Å². The molecule has 1 heterocycles. The fraction of sp³-hybridized carbons (Fsp3) is 1.00. The van der Waals surface area contributed by atoms with Gasteiger partial charge < -0.3 is 19.3 Å². The maximum atomic E-state index is 8.59. The molecule has 1 saturated heterocycles. The lowest BCUT2D eigenvalue weighted by atomic mass is 9.96. The van der Waals surface area contributed by atoms with Crippen LogP contribution < -0.4 is 0 Å². The zero-order valence-electron chi connectivity index (χ0n) is 9.70. The highest BCUT2D eigenvalue weighted by molar-refractivity contribution is 4.70. The number of rotatable bonds is 9. The summed E-state index contributed by atoms with van der Waals surface area (Å²) in [6.45, 7) is 7.92. The molecule has 4 nitrogen and oxygen atoms in total. The summed E-state index contributed by atoms with van der Waals surface area (Å²) in [5.74, 6) is 0. The molecule has 1 rings (SSSR count). The molecule has 0 aliphatic carbocycles. The Balaban J connectivity index is 1.96. The van der Waals surface area contributed by atoms with Crippen LogP contribution in [0.15, 0.2) is 0 Å². The summed E-state index contributed by atoms with van der Waals surface area (Å²) >= 11 is 0. The van der Waals surface area contributed by atoms with Gasteiger partial charge in [0.25, 0.3) is 0 Å². The molecule has 0 radical (unpaired) electrons. The highest BCUT2D eigenvalue weighted by Gasteiger charge is 2.25. The number of ether oxygens (including phenoxy) is 3. The van der Waals surface area contributed by atoms with Crippen LogP contribution in [-0.4, -0.2) is 50.9 Å². The van der Waals surface area contributed by atoms with Crippen LogP contribution in [0.5, 0.6) is 0 Å². The van der Waals surface area contributed by atoms with Gasteiger partial charge in [0.2, 0.25) is 0 Å². The van der Waals surface area contributed by atoms with Crippen molar-refractivity contribution in [3.05, 3.63) is 0 Å². The van der Waals surface area contributed by atoms with Crippen molar-refractivity contribution in [3.8, 4) is 0 Å². The molecule has 0 aromatic carbocycles. The topological polar surface area (TPSA) is 51.2 Å². The number of epoxide rings is 1. The molecule has 0 aromatic heterocycles. The maximum absolute atomic E-state index is 8.59. The number of hydrogen-bond donors (Lipinski definition) is 1. The van der Waals surface area contributed by atoms with Crippen LogP contribution in [0.1, 0.15) is 20.3 Å². The van der Waals surface area contributed by atoms with Crippen molar-refractivity contribution in [2.75, 3.05) is 39.6 Å². The summed E-state index contributed by atoms with van der Waals surface area (Å²) in [5.41, 5.74) is 0.0321. The first-order chi connectivity index (χ1) is 7.14. The van der Waals surface area contributed by atoms with Crippen molar-refractivity contribution < 1.29 is 19.3 Å². The van der Waals surface area contributed by atoms with Gasteiger partial charge in [-0.05, 0) is 6.42 Å². The quantitative estimate of drug-likeness (QED) is 0.460. The summed E-state index contributed by atoms with van der Waals surface area (Å²) in [6, 6.07) is 0. The molecule has 0 saturated carbocycles. The number of aliphatic hydroxyl groups excluding tert-OH is 1. The van der Waals surface area contributed by atoms with E-state index in [0.29, 0.717) is 39.0 Å². The largest absolute Gasteiger partial charge is 0.396 e. The van der Waals surface area contributed by atoms with Crippen LogP contribution in [-0.2, 0) is 14.2 Å². The fourth-order valence-electron chi connectivity index (χ4n) is 1.19. The second kappa shape index (κ2) is 6.43. The molecule has 1 N–H and O–H groups in total. The van der Waals surface area contributed by atoms with Gasteiger partial charge in [0.05, 0.1) is 26.4 Å². The van der Waals surface area contributed by atoms with Gasteiger partial charge in [0.1, 0.15) is 6.10 Å². The third-order valence-corrected chi connectivity index (χ3v) is 2.14. The molecule has 4 heteroatoms. The van der Waals surface area contributed by atoms with E-state index in [1.807, 2.05) is 0 Å². The predicted molar refractivity (Wildman–Crippen MR) is 56.9 cm³/mol. The van der Waals surface area contributed by atoms with Crippen LogP contribution >= 0.6 is 0 Å². The van der Waals surface area contributed by atoms with E-state index in [2.05, 4.69) is 13.8 Å². The normalized spacial score (nSPS) is 20.6. The monoisotopic (exact) mass is 218 g/mol. The summed E-state index contributed by atoms with van der Waals surface area (Å²) < 4.78 is 16.0. The summed E-state index contributed by atoms with van der Waals surface area (Å²) in [5, 5.41) is 8.59. The molecule has 1 unspecified atom stereocenters. The van der Waals surface area contributed by atoms with Crippen LogP contribution in [0.3, 0.4) is 0 Å². The Morgan fingerprint density at radius 1 is 1.33 bits per heavy atom. The van der Waals surface area contributed by atoms with Crippen molar-refractivity contribution >= 4 is 0 Å². The van der Waals surface area contributed by atoms with Gasteiger partial charge in [-0.1, -0.05) is 13.8 Å². The Labute approximate surface area is 91.5 Å². The van der Waals surface area contributed by atoms with Gasteiger partial charge >= 0.3 is 0 Å². The standard InChI is InChI=1S/C11H22O4/c1-11(2,8-13-5-3-4-12)9-14-6-10-7-15-10/h10,12H,3-9H2,1-2H3. The molecule has 1 aliphatic rings. The Morgan fingerprint density at radius 2 is 2.00 bits per heavy atom. The van der Waals surface area contributed by atoms with Gasteiger partial charge in [0.15, 0.2) is 0 Å².